The molecule has 2 aromatic rings. The van der Waals surface area contributed by atoms with Crippen molar-refractivity contribution in [2.45, 2.75) is 40.2 Å². The average Bonchev–Trinajstić information content (AvgIpc) is 3.13. The molecule has 22 heavy (non-hydrogen) atoms. The standard InChI is InChI=1S/C15H23N5S2/c1-4-13-20-12(10-21-13)6-7-17-15(16-5-2)19-9-14-18-8-11(3)22-14/h8,10H,4-7,9H2,1-3H3,(H2,16,17,19). The first kappa shape index (κ1) is 16.9. The Kier molecular flexibility index (Phi) is 6.79. The Bertz CT molecular complexity index is 603. The number of aromatic nitrogens is 2. The Labute approximate surface area is 139 Å². The third-order valence-electron chi connectivity index (χ3n) is 2.96. The van der Waals surface area contributed by atoms with Gasteiger partial charge in [0, 0.05) is 36.0 Å². The quantitative estimate of drug-likeness (QED) is 0.602. The lowest BCUT2D eigenvalue weighted by atomic mass is 10.3. The molecular formula is C15H23N5S2. The first-order valence-corrected chi connectivity index (χ1v) is 9.27. The fourth-order valence-corrected chi connectivity index (χ4v) is 3.39. The third kappa shape index (κ3) is 5.38. The van der Waals surface area contributed by atoms with Gasteiger partial charge in [0.25, 0.3) is 0 Å². The van der Waals surface area contributed by atoms with Gasteiger partial charge in [-0.15, -0.1) is 22.7 Å². The van der Waals surface area contributed by atoms with Crippen LogP contribution in [0.3, 0.4) is 0 Å². The van der Waals surface area contributed by atoms with E-state index in [1.54, 1.807) is 22.7 Å². The summed E-state index contributed by atoms with van der Waals surface area (Å²) in [5, 5.41) is 11.0. The van der Waals surface area contributed by atoms with Crippen molar-refractivity contribution in [2.75, 3.05) is 13.1 Å². The molecule has 0 atom stereocenters. The van der Waals surface area contributed by atoms with Crippen LogP contribution in [-0.4, -0.2) is 29.0 Å². The van der Waals surface area contributed by atoms with Crippen molar-refractivity contribution in [3.05, 3.63) is 32.2 Å². The molecule has 2 heterocycles. The summed E-state index contributed by atoms with van der Waals surface area (Å²) in [7, 11) is 0. The van der Waals surface area contributed by atoms with E-state index in [0.29, 0.717) is 6.54 Å². The van der Waals surface area contributed by atoms with E-state index in [1.165, 1.54) is 9.88 Å². The van der Waals surface area contributed by atoms with Crippen molar-refractivity contribution in [3.8, 4) is 0 Å². The molecule has 2 aromatic heterocycles. The maximum Gasteiger partial charge on any atom is 0.191 e. The highest BCUT2D eigenvalue weighted by molar-refractivity contribution is 7.11. The maximum atomic E-state index is 4.58. The number of nitrogens with zero attached hydrogens (tertiary/aromatic N) is 3. The molecular weight excluding hydrogens is 314 g/mol. The summed E-state index contributed by atoms with van der Waals surface area (Å²) in [5.41, 5.74) is 1.15. The number of aliphatic imine (C=N–C) groups is 1. The predicted molar refractivity (Wildman–Crippen MR) is 94.9 cm³/mol. The highest BCUT2D eigenvalue weighted by Gasteiger charge is 2.03. The minimum atomic E-state index is 0.616. The lowest BCUT2D eigenvalue weighted by molar-refractivity contribution is 0.788. The molecule has 0 aliphatic rings. The van der Waals surface area contributed by atoms with Gasteiger partial charge in [-0.25, -0.2) is 15.0 Å². The average molecular weight is 338 g/mol. The molecule has 0 spiro atoms. The first-order valence-electron chi connectivity index (χ1n) is 7.58. The lowest BCUT2D eigenvalue weighted by Gasteiger charge is -2.10. The van der Waals surface area contributed by atoms with Crippen LogP contribution in [0.1, 0.15) is 34.4 Å². The van der Waals surface area contributed by atoms with Crippen molar-refractivity contribution in [2.24, 2.45) is 4.99 Å². The normalized spacial score (nSPS) is 11.7. The van der Waals surface area contributed by atoms with Crippen LogP contribution in [0, 0.1) is 6.92 Å². The van der Waals surface area contributed by atoms with Crippen LogP contribution in [0.5, 0.6) is 0 Å². The second-order valence-electron chi connectivity index (χ2n) is 4.82. The van der Waals surface area contributed by atoms with Crippen LogP contribution in [0.25, 0.3) is 0 Å². The van der Waals surface area contributed by atoms with E-state index in [9.17, 15) is 0 Å². The number of guanidine groups is 1. The Balaban J connectivity index is 1.82. The van der Waals surface area contributed by atoms with E-state index in [1.807, 2.05) is 6.20 Å². The van der Waals surface area contributed by atoms with E-state index in [-0.39, 0.29) is 0 Å². The van der Waals surface area contributed by atoms with Crippen LogP contribution in [0.2, 0.25) is 0 Å². The summed E-state index contributed by atoms with van der Waals surface area (Å²) in [5.74, 6) is 0.835. The van der Waals surface area contributed by atoms with E-state index in [4.69, 9.17) is 0 Å². The molecule has 0 saturated heterocycles. The molecule has 0 unspecified atom stereocenters. The van der Waals surface area contributed by atoms with Crippen LogP contribution >= 0.6 is 22.7 Å². The topological polar surface area (TPSA) is 62.2 Å². The molecule has 2 N–H and O–H groups in total. The summed E-state index contributed by atoms with van der Waals surface area (Å²) >= 11 is 3.43. The number of rotatable bonds is 7. The fourth-order valence-electron chi connectivity index (χ4n) is 1.90. The molecule has 0 amide bonds. The minimum absolute atomic E-state index is 0.616. The first-order chi connectivity index (χ1) is 10.7. The van der Waals surface area contributed by atoms with Crippen molar-refractivity contribution in [1.29, 1.82) is 0 Å². The Morgan fingerprint density at radius 1 is 1.27 bits per heavy atom. The molecule has 120 valence electrons. The zero-order chi connectivity index (χ0) is 15.8. The van der Waals surface area contributed by atoms with Crippen molar-refractivity contribution in [3.63, 3.8) is 0 Å². The van der Waals surface area contributed by atoms with E-state index < -0.39 is 0 Å². The monoisotopic (exact) mass is 337 g/mol. The van der Waals surface area contributed by atoms with Crippen molar-refractivity contribution >= 4 is 28.6 Å². The van der Waals surface area contributed by atoms with Gasteiger partial charge in [0.2, 0.25) is 0 Å². The maximum absolute atomic E-state index is 4.58. The van der Waals surface area contributed by atoms with Gasteiger partial charge in [-0.3, -0.25) is 0 Å². The highest BCUT2D eigenvalue weighted by atomic mass is 32.1. The second-order valence-corrected chi connectivity index (χ2v) is 7.08. The molecule has 0 bridgehead atoms. The van der Waals surface area contributed by atoms with Gasteiger partial charge in [0.1, 0.15) is 5.01 Å². The van der Waals surface area contributed by atoms with Crippen molar-refractivity contribution in [1.82, 2.24) is 20.6 Å². The molecule has 0 fully saturated rings. The number of aryl methyl sites for hydroxylation is 2. The van der Waals surface area contributed by atoms with Gasteiger partial charge in [-0.1, -0.05) is 6.92 Å². The summed E-state index contributed by atoms with van der Waals surface area (Å²) < 4.78 is 0. The minimum Gasteiger partial charge on any atom is -0.357 e. The smallest absolute Gasteiger partial charge is 0.191 e. The zero-order valence-electron chi connectivity index (χ0n) is 13.3. The largest absolute Gasteiger partial charge is 0.357 e. The SMILES string of the molecule is CCNC(=NCc1ncc(C)s1)NCCc1csc(CC)n1. The van der Waals surface area contributed by atoms with Gasteiger partial charge < -0.3 is 10.6 Å². The number of thiazole rings is 2. The predicted octanol–water partition coefficient (Wildman–Crippen LogP) is 2.77. The summed E-state index contributed by atoms with van der Waals surface area (Å²) in [6.45, 7) is 8.56. The number of hydrogen-bond donors (Lipinski definition) is 2. The molecule has 0 aliphatic carbocycles. The summed E-state index contributed by atoms with van der Waals surface area (Å²) in [4.78, 5) is 14.7. The third-order valence-corrected chi connectivity index (χ3v) is 4.90. The Hall–Kier alpha value is -1.47. The van der Waals surface area contributed by atoms with E-state index in [0.717, 1.165) is 42.6 Å². The van der Waals surface area contributed by atoms with Crippen LogP contribution in [-0.2, 0) is 19.4 Å². The lowest BCUT2D eigenvalue weighted by Crippen LogP contribution is -2.38. The molecule has 2 rings (SSSR count). The second kappa shape index (κ2) is 8.85. The van der Waals surface area contributed by atoms with Crippen LogP contribution in [0.4, 0.5) is 0 Å². The molecule has 0 radical (unpaired) electrons. The molecule has 0 aromatic carbocycles. The Morgan fingerprint density at radius 3 is 2.77 bits per heavy atom. The van der Waals surface area contributed by atoms with E-state index in [2.05, 4.69) is 51.7 Å². The van der Waals surface area contributed by atoms with Crippen molar-refractivity contribution < 1.29 is 0 Å². The van der Waals surface area contributed by atoms with Gasteiger partial charge in [-0.05, 0) is 20.3 Å². The number of hydrogen-bond acceptors (Lipinski definition) is 5. The van der Waals surface area contributed by atoms with E-state index >= 15 is 0 Å². The molecule has 0 aliphatic heterocycles. The van der Waals surface area contributed by atoms with Gasteiger partial charge in [0.05, 0.1) is 17.2 Å². The number of nitrogens with one attached hydrogen (secondary N) is 2. The summed E-state index contributed by atoms with van der Waals surface area (Å²) in [6.07, 6.45) is 3.82. The zero-order valence-corrected chi connectivity index (χ0v) is 15.0. The van der Waals surface area contributed by atoms with Gasteiger partial charge in [0.15, 0.2) is 5.96 Å². The van der Waals surface area contributed by atoms with Crippen LogP contribution < -0.4 is 10.6 Å². The highest BCUT2D eigenvalue weighted by Crippen LogP contribution is 2.12. The fraction of sp³-hybridized carbons (Fsp3) is 0.533. The summed E-state index contributed by atoms with van der Waals surface area (Å²) in [6, 6.07) is 0. The van der Waals surface area contributed by atoms with Crippen LogP contribution in [0.15, 0.2) is 16.6 Å². The molecule has 7 heteroatoms. The van der Waals surface area contributed by atoms with Gasteiger partial charge in [-0.2, -0.15) is 0 Å². The Morgan fingerprint density at radius 2 is 2.14 bits per heavy atom. The van der Waals surface area contributed by atoms with Gasteiger partial charge >= 0.3 is 0 Å². The molecule has 0 saturated carbocycles. The molecule has 5 nitrogen and oxygen atoms in total.